The van der Waals surface area contributed by atoms with E-state index in [1.165, 1.54) is 6.21 Å². The Morgan fingerprint density at radius 1 is 1.00 bits per heavy atom. The van der Waals surface area contributed by atoms with Crippen molar-refractivity contribution in [1.29, 1.82) is 0 Å². The number of H-pyrrole nitrogens is 1. The van der Waals surface area contributed by atoms with Gasteiger partial charge in [0.2, 0.25) is 0 Å². The largest absolute Gasteiger partial charge is 0.737 e. The highest BCUT2D eigenvalue weighted by atomic mass is 19.2. The van der Waals surface area contributed by atoms with Gasteiger partial charge in [-0.3, -0.25) is 0 Å². The summed E-state index contributed by atoms with van der Waals surface area (Å²) in [6, 6.07) is 13.7. The second-order valence-electron chi connectivity index (χ2n) is 6.34. The second-order valence-corrected chi connectivity index (χ2v) is 6.34. The molecular formula is C19H14BF2N3O. The Bertz CT molecular complexity index is 1120. The summed E-state index contributed by atoms with van der Waals surface area (Å²) >= 11 is 0. The Balaban J connectivity index is 1.87. The first-order valence-corrected chi connectivity index (χ1v) is 8.29. The standard InChI is InChI=1S/C19H14BF2N3O/c21-20(22)24-12-4-7-16(24)19(13-5-1-2-8-18(13)26)17-10-9-15(25(17)20)14-6-3-11-23-14/h1-12,23,26H. The zero-order valence-electron chi connectivity index (χ0n) is 13.6. The van der Waals surface area contributed by atoms with E-state index < -0.39 is 6.97 Å². The third-order valence-electron chi connectivity index (χ3n) is 4.90. The summed E-state index contributed by atoms with van der Waals surface area (Å²) in [6.45, 7) is -4.05. The van der Waals surface area contributed by atoms with Gasteiger partial charge < -0.3 is 27.7 Å². The molecule has 2 aliphatic rings. The number of halogens is 2. The van der Waals surface area contributed by atoms with Gasteiger partial charge in [-0.2, -0.15) is 0 Å². The molecule has 0 bridgehead atoms. The number of rotatable bonds is 2. The van der Waals surface area contributed by atoms with Crippen molar-refractivity contribution in [3.63, 3.8) is 0 Å². The van der Waals surface area contributed by atoms with E-state index in [0.29, 0.717) is 33.9 Å². The second kappa shape index (κ2) is 5.08. The Labute approximate surface area is 148 Å². The lowest BCUT2D eigenvalue weighted by molar-refractivity contribution is -0.356. The predicted molar refractivity (Wildman–Crippen MR) is 97.2 cm³/mol. The lowest BCUT2D eigenvalue weighted by atomic mass is 9.85. The highest BCUT2D eigenvalue weighted by molar-refractivity contribution is 6.58. The first kappa shape index (κ1) is 15.0. The molecule has 0 aliphatic carbocycles. The number of aromatic amines is 1. The average molecular weight is 349 g/mol. The number of hydrogen-bond donors (Lipinski definition) is 2. The Morgan fingerprint density at radius 3 is 2.58 bits per heavy atom. The minimum absolute atomic E-state index is 0.0575. The molecule has 0 amide bonds. The smallest absolute Gasteiger partial charge is 0.507 e. The molecule has 2 aromatic heterocycles. The summed E-state index contributed by atoms with van der Waals surface area (Å²) in [5.74, 6) is 0.0575. The molecule has 128 valence electrons. The van der Waals surface area contributed by atoms with Crippen molar-refractivity contribution in [3.05, 3.63) is 83.8 Å². The monoisotopic (exact) mass is 349 g/mol. The minimum atomic E-state index is -4.05. The normalized spacial score (nSPS) is 17.2. The topological polar surface area (TPSA) is 44.0 Å². The van der Waals surface area contributed by atoms with Crippen LogP contribution in [0, 0.1) is 0 Å². The van der Waals surface area contributed by atoms with Gasteiger partial charge in [-0.25, -0.2) is 0 Å². The summed E-state index contributed by atoms with van der Waals surface area (Å²) in [7, 11) is 0. The van der Waals surface area contributed by atoms with E-state index in [-0.39, 0.29) is 5.75 Å². The molecular weight excluding hydrogens is 335 g/mol. The fourth-order valence-corrected chi connectivity index (χ4v) is 3.79. The van der Waals surface area contributed by atoms with Gasteiger partial charge in [0.1, 0.15) is 12.0 Å². The average Bonchev–Trinajstić information content (AvgIpc) is 3.37. The van der Waals surface area contributed by atoms with Crippen molar-refractivity contribution in [3.8, 4) is 17.1 Å². The molecule has 0 unspecified atom stereocenters. The van der Waals surface area contributed by atoms with Crippen LogP contribution in [-0.4, -0.2) is 32.2 Å². The first-order chi connectivity index (χ1) is 12.6. The molecule has 1 aromatic carbocycles. The predicted octanol–water partition coefficient (Wildman–Crippen LogP) is 3.84. The van der Waals surface area contributed by atoms with Gasteiger partial charge in [0.05, 0.1) is 11.3 Å². The molecule has 3 aromatic rings. The number of nitrogens with zero attached hydrogens (tertiary/aromatic N) is 2. The van der Waals surface area contributed by atoms with Gasteiger partial charge in [0.15, 0.2) is 5.70 Å². The maximum absolute atomic E-state index is 15.4. The van der Waals surface area contributed by atoms with E-state index >= 15 is 8.63 Å². The van der Waals surface area contributed by atoms with Crippen molar-refractivity contribution in [2.75, 3.05) is 0 Å². The Kier molecular flexibility index (Phi) is 2.92. The highest BCUT2D eigenvalue weighted by Crippen LogP contribution is 2.43. The van der Waals surface area contributed by atoms with Crippen molar-refractivity contribution >= 4 is 18.8 Å². The highest BCUT2D eigenvalue weighted by Gasteiger charge is 2.53. The van der Waals surface area contributed by atoms with E-state index in [2.05, 4.69) is 4.98 Å². The maximum Gasteiger partial charge on any atom is 0.737 e. The van der Waals surface area contributed by atoms with Crippen LogP contribution in [0.5, 0.6) is 5.75 Å². The number of hydrogen-bond acceptors (Lipinski definition) is 1. The summed E-state index contributed by atoms with van der Waals surface area (Å²) < 4.78 is 32.9. The fourth-order valence-electron chi connectivity index (χ4n) is 3.79. The molecule has 0 radical (unpaired) electrons. The molecule has 0 atom stereocenters. The van der Waals surface area contributed by atoms with Crippen molar-refractivity contribution < 1.29 is 18.2 Å². The Hall–Kier alpha value is -3.35. The lowest BCUT2D eigenvalue weighted by Gasteiger charge is -2.32. The molecule has 5 rings (SSSR count). The third-order valence-corrected chi connectivity index (χ3v) is 4.90. The maximum atomic E-state index is 15.4. The molecule has 2 N–H and O–H groups in total. The molecule has 0 fully saturated rings. The SMILES string of the molecule is Oc1ccccc1C1=C2C=CC=[N+]2[B-](F)(F)n2c1ccc2-c1ccc[nH]1. The van der Waals surface area contributed by atoms with Crippen LogP contribution in [0.3, 0.4) is 0 Å². The number of benzene rings is 1. The van der Waals surface area contributed by atoms with Crippen molar-refractivity contribution in [2.45, 2.75) is 0 Å². The number of aromatic nitrogens is 2. The fraction of sp³-hybridized carbons (Fsp3) is 0. The zero-order valence-corrected chi connectivity index (χ0v) is 13.6. The van der Waals surface area contributed by atoms with Crippen molar-refractivity contribution in [2.24, 2.45) is 0 Å². The van der Waals surface area contributed by atoms with Gasteiger partial charge in [-0.05, 0) is 30.3 Å². The Morgan fingerprint density at radius 2 is 1.81 bits per heavy atom. The van der Waals surface area contributed by atoms with E-state index in [0.717, 1.165) is 8.96 Å². The van der Waals surface area contributed by atoms with Gasteiger partial charge in [0.25, 0.3) is 0 Å². The van der Waals surface area contributed by atoms with E-state index in [1.807, 2.05) is 0 Å². The quantitative estimate of drug-likeness (QED) is 0.679. The van der Waals surface area contributed by atoms with Crippen LogP contribution in [0.1, 0.15) is 11.3 Å². The molecule has 2 aliphatic heterocycles. The molecule has 0 saturated carbocycles. The van der Waals surface area contributed by atoms with Gasteiger partial charge in [0, 0.05) is 35.3 Å². The zero-order chi connectivity index (χ0) is 17.9. The van der Waals surface area contributed by atoms with E-state index in [1.54, 1.807) is 66.9 Å². The number of allylic oxidation sites excluding steroid dienone is 2. The number of phenols is 1. The van der Waals surface area contributed by atoms with Crippen LogP contribution in [0.25, 0.3) is 17.0 Å². The number of phenolic OH excluding ortho intramolecular Hbond substituents is 1. The lowest BCUT2D eigenvalue weighted by Crippen LogP contribution is -2.49. The molecule has 0 spiro atoms. The van der Waals surface area contributed by atoms with Crippen LogP contribution in [0.2, 0.25) is 0 Å². The van der Waals surface area contributed by atoms with Crippen LogP contribution in [0.15, 0.2) is 72.6 Å². The van der Waals surface area contributed by atoms with Gasteiger partial charge >= 0.3 is 6.97 Å². The number of fused-ring (bicyclic) bond motifs is 2. The van der Waals surface area contributed by atoms with E-state index in [4.69, 9.17) is 0 Å². The number of nitrogens with one attached hydrogen (secondary N) is 1. The van der Waals surface area contributed by atoms with Crippen LogP contribution < -0.4 is 0 Å². The van der Waals surface area contributed by atoms with Gasteiger partial charge in [-0.1, -0.05) is 18.2 Å². The van der Waals surface area contributed by atoms with Crippen molar-refractivity contribution in [1.82, 2.24) is 9.46 Å². The van der Waals surface area contributed by atoms with Crippen LogP contribution >= 0.6 is 0 Å². The van der Waals surface area contributed by atoms with Gasteiger partial charge in [-0.15, -0.1) is 0 Å². The van der Waals surface area contributed by atoms with E-state index in [9.17, 15) is 5.11 Å². The molecule has 26 heavy (non-hydrogen) atoms. The minimum Gasteiger partial charge on any atom is -0.507 e. The summed E-state index contributed by atoms with van der Waals surface area (Å²) in [5, 5.41) is 10.3. The third kappa shape index (κ3) is 1.85. The van der Waals surface area contributed by atoms with Crippen LogP contribution in [-0.2, 0) is 0 Å². The van der Waals surface area contributed by atoms with Crippen LogP contribution in [0.4, 0.5) is 8.63 Å². The summed E-state index contributed by atoms with van der Waals surface area (Å²) in [5.41, 5.74) is 2.90. The summed E-state index contributed by atoms with van der Waals surface area (Å²) in [6.07, 6.45) is 6.35. The summed E-state index contributed by atoms with van der Waals surface area (Å²) in [4.78, 5) is 3.00. The molecule has 4 nitrogen and oxygen atoms in total. The number of para-hydroxylation sites is 1. The molecule has 4 heterocycles. The number of aromatic hydroxyl groups is 1. The first-order valence-electron chi connectivity index (χ1n) is 8.29. The molecule has 0 saturated heterocycles. The molecule has 7 heteroatoms.